The summed E-state index contributed by atoms with van der Waals surface area (Å²) in [5.41, 5.74) is 0.431. The summed E-state index contributed by atoms with van der Waals surface area (Å²) in [5, 5.41) is 12.5. The molecule has 2 rings (SSSR count). The largest absolute Gasteiger partial charge is 0.391 e. The molecule has 5 heteroatoms. The van der Waals surface area contributed by atoms with E-state index in [-0.39, 0.29) is 11.9 Å². The molecular weight excluding hydrogens is 206 g/mol. The van der Waals surface area contributed by atoms with Gasteiger partial charge in [0.05, 0.1) is 17.7 Å². The van der Waals surface area contributed by atoms with Crippen molar-refractivity contribution in [2.75, 3.05) is 0 Å². The quantitative estimate of drug-likeness (QED) is 0.763. The summed E-state index contributed by atoms with van der Waals surface area (Å²) in [6.45, 7) is 0. The van der Waals surface area contributed by atoms with E-state index in [1.807, 2.05) is 0 Å². The third-order valence-corrected chi connectivity index (χ3v) is 2.87. The lowest BCUT2D eigenvalue weighted by molar-refractivity contribution is 0.0716. The molecule has 1 aliphatic rings. The van der Waals surface area contributed by atoms with Gasteiger partial charge in [0.2, 0.25) is 0 Å². The molecule has 1 saturated carbocycles. The zero-order valence-corrected chi connectivity index (χ0v) is 8.97. The van der Waals surface area contributed by atoms with Gasteiger partial charge in [0.1, 0.15) is 6.33 Å². The van der Waals surface area contributed by atoms with E-state index in [0.29, 0.717) is 5.56 Å². The SMILES string of the molecule is O=C(NC1CCCCC1O)c1cncnc1. The van der Waals surface area contributed by atoms with E-state index in [9.17, 15) is 9.90 Å². The van der Waals surface area contributed by atoms with Crippen LogP contribution in [0.2, 0.25) is 0 Å². The van der Waals surface area contributed by atoms with E-state index in [2.05, 4.69) is 15.3 Å². The molecule has 1 aromatic rings. The first kappa shape index (κ1) is 11.0. The van der Waals surface area contributed by atoms with Crippen LogP contribution in [-0.2, 0) is 0 Å². The van der Waals surface area contributed by atoms with Crippen LogP contribution in [0.3, 0.4) is 0 Å². The van der Waals surface area contributed by atoms with E-state index >= 15 is 0 Å². The maximum Gasteiger partial charge on any atom is 0.254 e. The molecule has 0 spiro atoms. The Morgan fingerprint density at radius 1 is 1.31 bits per heavy atom. The number of rotatable bonds is 2. The van der Waals surface area contributed by atoms with Crippen LogP contribution in [-0.4, -0.2) is 33.1 Å². The lowest BCUT2D eigenvalue weighted by Gasteiger charge is -2.28. The molecule has 2 N–H and O–H groups in total. The number of nitrogens with one attached hydrogen (secondary N) is 1. The monoisotopic (exact) mass is 221 g/mol. The molecule has 1 aliphatic carbocycles. The molecule has 1 heterocycles. The molecule has 0 radical (unpaired) electrons. The number of hydrogen-bond donors (Lipinski definition) is 2. The summed E-state index contributed by atoms with van der Waals surface area (Å²) in [4.78, 5) is 19.3. The molecule has 1 fully saturated rings. The van der Waals surface area contributed by atoms with Crippen LogP contribution in [0.25, 0.3) is 0 Å². The van der Waals surface area contributed by atoms with E-state index in [1.54, 1.807) is 0 Å². The number of hydrogen-bond acceptors (Lipinski definition) is 4. The van der Waals surface area contributed by atoms with Crippen molar-refractivity contribution in [1.82, 2.24) is 15.3 Å². The number of carbonyl (C=O) groups is 1. The fourth-order valence-corrected chi connectivity index (χ4v) is 1.95. The van der Waals surface area contributed by atoms with Gasteiger partial charge in [0.15, 0.2) is 0 Å². The molecule has 16 heavy (non-hydrogen) atoms. The Bertz CT molecular complexity index is 356. The van der Waals surface area contributed by atoms with Gasteiger partial charge in [-0.05, 0) is 12.8 Å². The fraction of sp³-hybridized carbons (Fsp3) is 0.545. The number of nitrogens with zero attached hydrogens (tertiary/aromatic N) is 2. The summed E-state index contributed by atoms with van der Waals surface area (Å²) < 4.78 is 0. The van der Waals surface area contributed by atoms with E-state index in [4.69, 9.17) is 0 Å². The van der Waals surface area contributed by atoms with Crippen LogP contribution in [0.5, 0.6) is 0 Å². The molecular formula is C11H15N3O2. The molecule has 86 valence electrons. The van der Waals surface area contributed by atoms with E-state index < -0.39 is 6.10 Å². The standard InChI is InChI=1S/C11H15N3O2/c15-10-4-2-1-3-9(10)14-11(16)8-5-12-7-13-6-8/h5-7,9-10,15H,1-4H2,(H,14,16). The first-order valence-corrected chi connectivity index (χ1v) is 5.51. The van der Waals surface area contributed by atoms with Gasteiger partial charge in [-0.2, -0.15) is 0 Å². The minimum atomic E-state index is -0.428. The number of aliphatic hydroxyl groups is 1. The average Bonchev–Trinajstić information content (AvgIpc) is 2.33. The second-order valence-electron chi connectivity index (χ2n) is 4.06. The van der Waals surface area contributed by atoms with Gasteiger partial charge in [-0.3, -0.25) is 4.79 Å². The Morgan fingerprint density at radius 2 is 2.00 bits per heavy atom. The number of aliphatic hydroxyl groups excluding tert-OH is 1. The van der Waals surface area contributed by atoms with Crippen LogP contribution in [0.1, 0.15) is 36.0 Å². The van der Waals surface area contributed by atoms with Crippen LogP contribution in [0.15, 0.2) is 18.7 Å². The van der Waals surface area contributed by atoms with Crippen molar-refractivity contribution < 1.29 is 9.90 Å². The number of amides is 1. The Morgan fingerprint density at radius 3 is 2.69 bits per heavy atom. The van der Waals surface area contributed by atoms with Crippen molar-refractivity contribution in [1.29, 1.82) is 0 Å². The fourth-order valence-electron chi connectivity index (χ4n) is 1.95. The Balaban J connectivity index is 1.96. The van der Waals surface area contributed by atoms with Gasteiger partial charge in [-0.25, -0.2) is 9.97 Å². The lowest BCUT2D eigenvalue weighted by atomic mass is 9.92. The van der Waals surface area contributed by atoms with Gasteiger partial charge >= 0.3 is 0 Å². The van der Waals surface area contributed by atoms with Crippen LogP contribution in [0.4, 0.5) is 0 Å². The summed E-state index contributed by atoms with van der Waals surface area (Å²) >= 11 is 0. The zero-order valence-electron chi connectivity index (χ0n) is 8.97. The average molecular weight is 221 g/mol. The topological polar surface area (TPSA) is 75.1 Å². The number of carbonyl (C=O) groups excluding carboxylic acids is 1. The molecule has 0 aromatic carbocycles. The van der Waals surface area contributed by atoms with E-state index in [1.165, 1.54) is 18.7 Å². The highest BCUT2D eigenvalue weighted by Gasteiger charge is 2.24. The van der Waals surface area contributed by atoms with Gasteiger partial charge < -0.3 is 10.4 Å². The minimum Gasteiger partial charge on any atom is -0.391 e. The zero-order chi connectivity index (χ0) is 11.4. The minimum absolute atomic E-state index is 0.138. The molecule has 0 aliphatic heterocycles. The predicted octanol–water partition coefficient (Wildman–Crippen LogP) is 0.510. The van der Waals surface area contributed by atoms with Crippen molar-refractivity contribution in [3.8, 4) is 0 Å². The smallest absolute Gasteiger partial charge is 0.254 e. The van der Waals surface area contributed by atoms with Crippen molar-refractivity contribution in [2.24, 2.45) is 0 Å². The van der Waals surface area contributed by atoms with Gasteiger partial charge in [-0.15, -0.1) is 0 Å². The molecule has 1 aromatic heterocycles. The van der Waals surface area contributed by atoms with Crippen LogP contribution < -0.4 is 5.32 Å². The third-order valence-electron chi connectivity index (χ3n) is 2.87. The maximum atomic E-state index is 11.8. The molecule has 2 atom stereocenters. The molecule has 1 amide bonds. The highest BCUT2D eigenvalue weighted by molar-refractivity contribution is 5.93. The first-order chi connectivity index (χ1) is 7.77. The predicted molar refractivity (Wildman–Crippen MR) is 57.8 cm³/mol. The lowest BCUT2D eigenvalue weighted by Crippen LogP contribution is -2.45. The van der Waals surface area contributed by atoms with Gasteiger partial charge in [0, 0.05) is 12.4 Å². The molecule has 2 unspecified atom stereocenters. The van der Waals surface area contributed by atoms with Crippen molar-refractivity contribution in [2.45, 2.75) is 37.8 Å². The Hall–Kier alpha value is -1.49. The second-order valence-corrected chi connectivity index (χ2v) is 4.06. The van der Waals surface area contributed by atoms with E-state index in [0.717, 1.165) is 25.7 Å². The van der Waals surface area contributed by atoms with Crippen molar-refractivity contribution in [3.63, 3.8) is 0 Å². The van der Waals surface area contributed by atoms with Gasteiger partial charge in [-0.1, -0.05) is 12.8 Å². The summed E-state index contributed by atoms with van der Waals surface area (Å²) in [7, 11) is 0. The highest BCUT2D eigenvalue weighted by Crippen LogP contribution is 2.18. The van der Waals surface area contributed by atoms with Crippen LogP contribution in [0, 0.1) is 0 Å². The Kier molecular flexibility index (Phi) is 3.46. The third kappa shape index (κ3) is 2.55. The molecule has 0 saturated heterocycles. The Labute approximate surface area is 93.9 Å². The maximum absolute atomic E-state index is 11.8. The molecule has 5 nitrogen and oxygen atoms in total. The molecule has 0 bridgehead atoms. The summed E-state index contributed by atoms with van der Waals surface area (Å²) in [5.74, 6) is -0.216. The van der Waals surface area contributed by atoms with Crippen LogP contribution >= 0.6 is 0 Å². The second kappa shape index (κ2) is 5.03. The summed E-state index contributed by atoms with van der Waals surface area (Å²) in [6, 6.07) is -0.138. The normalized spacial score (nSPS) is 25.1. The van der Waals surface area contributed by atoms with Gasteiger partial charge in [0.25, 0.3) is 5.91 Å². The van der Waals surface area contributed by atoms with Crippen molar-refractivity contribution in [3.05, 3.63) is 24.3 Å². The number of aromatic nitrogens is 2. The summed E-state index contributed by atoms with van der Waals surface area (Å²) in [6.07, 6.45) is 7.57. The van der Waals surface area contributed by atoms with Crippen molar-refractivity contribution >= 4 is 5.91 Å². The highest BCUT2D eigenvalue weighted by atomic mass is 16.3. The first-order valence-electron chi connectivity index (χ1n) is 5.51.